The van der Waals surface area contributed by atoms with Crippen molar-refractivity contribution in [1.82, 2.24) is 20.0 Å². The summed E-state index contributed by atoms with van der Waals surface area (Å²) in [4.78, 5) is 23.5. The van der Waals surface area contributed by atoms with Crippen molar-refractivity contribution in [2.45, 2.75) is 45.6 Å². The fraction of sp³-hybridized carbons (Fsp3) is 0.529. The van der Waals surface area contributed by atoms with Gasteiger partial charge in [0.15, 0.2) is 5.69 Å². The molecule has 1 atom stereocenters. The van der Waals surface area contributed by atoms with Crippen LogP contribution in [-0.4, -0.2) is 39.5 Å². The van der Waals surface area contributed by atoms with Crippen molar-refractivity contribution in [1.29, 1.82) is 0 Å². The summed E-state index contributed by atoms with van der Waals surface area (Å²) in [7, 11) is 1.83. The number of amides is 1. The largest absolute Gasteiger partial charge is 0.373 e. The lowest BCUT2D eigenvalue weighted by Crippen LogP contribution is -2.31. The molecule has 1 N–H and O–H groups in total. The Morgan fingerprint density at radius 1 is 1.42 bits per heavy atom. The van der Waals surface area contributed by atoms with Gasteiger partial charge < -0.3 is 14.7 Å². The third kappa shape index (κ3) is 3.25. The number of aryl methyl sites for hydroxylation is 2. The number of aromatic nitrogens is 3. The van der Waals surface area contributed by atoms with E-state index in [1.54, 1.807) is 6.07 Å². The van der Waals surface area contributed by atoms with E-state index in [9.17, 15) is 4.79 Å². The van der Waals surface area contributed by atoms with Crippen LogP contribution in [0.15, 0.2) is 16.7 Å². The molecule has 0 aliphatic carbocycles. The average molecular weight is 329 g/mol. The molecule has 0 aromatic carbocycles. The summed E-state index contributed by atoms with van der Waals surface area (Å²) in [5.41, 5.74) is 1.25. The molecule has 2 aromatic rings. The zero-order chi connectivity index (χ0) is 17.1. The first-order valence-electron chi connectivity index (χ1n) is 8.42. The van der Waals surface area contributed by atoms with Crippen LogP contribution in [0.3, 0.4) is 0 Å². The van der Waals surface area contributed by atoms with Gasteiger partial charge in [-0.1, -0.05) is 12.1 Å². The maximum atomic E-state index is 12.8. The van der Waals surface area contributed by atoms with Crippen molar-refractivity contribution in [2.24, 2.45) is 0 Å². The van der Waals surface area contributed by atoms with Crippen LogP contribution >= 0.6 is 0 Å². The van der Waals surface area contributed by atoms with E-state index in [4.69, 9.17) is 4.52 Å². The lowest BCUT2D eigenvalue weighted by atomic mass is 10.1. The molecule has 0 spiro atoms. The minimum Gasteiger partial charge on any atom is -0.373 e. The fourth-order valence-electron chi connectivity index (χ4n) is 3.13. The van der Waals surface area contributed by atoms with Gasteiger partial charge in [-0.15, -0.1) is 0 Å². The average Bonchev–Trinajstić information content (AvgIpc) is 3.23. The number of carbonyl (C=O) groups is 1. The van der Waals surface area contributed by atoms with Gasteiger partial charge in [0.25, 0.3) is 5.91 Å². The lowest BCUT2D eigenvalue weighted by molar-refractivity contribution is 0.0722. The minimum atomic E-state index is -0.0918. The molecular formula is C17H23N5O2. The van der Waals surface area contributed by atoms with Crippen LogP contribution in [0.1, 0.15) is 60.0 Å². The Morgan fingerprint density at radius 3 is 3.00 bits per heavy atom. The highest BCUT2D eigenvalue weighted by Gasteiger charge is 2.33. The summed E-state index contributed by atoms with van der Waals surface area (Å²) in [6.07, 6.45) is 3.60. The molecule has 1 fully saturated rings. The second-order valence-electron chi connectivity index (χ2n) is 6.06. The quantitative estimate of drug-likeness (QED) is 0.908. The molecule has 1 aliphatic heterocycles. The molecule has 7 heteroatoms. The summed E-state index contributed by atoms with van der Waals surface area (Å²) in [6.45, 7) is 4.63. The number of nitrogens with one attached hydrogen (secondary N) is 1. The second kappa shape index (κ2) is 6.98. The number of hydrogen-bond acceptors (Lipinski definition) is 6. The number of hydrogen-bond donors (Lipinski definition) is 1. The summed E-state index contributed by atoms with van der Waals surface area (Å²) in [5.74, 6) is 2.13. The molecule has 128 valence electrons. The van der Waals surface area contributed by atoms with Crippen molar-refractivity contribution < 1.29 is 9.32 Å². The van der Waals surface area contributed by atoms with Crippen LogP contribution in [0.25, 0.3) is 0 Å². The number of carbonyl (C=O) groups excluding carboxylic acids is 1. The smallest absolute Gasteiger partial charge is 0.276 e. The molecule has 2 aromatic heterocycles. The topological polar surface area (TPSA) is 84.2 Å². The molecule has 0 radical (unpaired) electrons. The van der Waals surface area contributed by atoms with E-state index in [1.165, 1.54) is 0 Å². The summed E-state index contributed by atoms with van der Waals surface area (Å²) >= 11 is 0. The molecular weight excluding hydrogens is 306 g/mol. The van der Waals surface area contributed by atoms with Gasteiger partial charge in [0.1, 0.15) is 17.4 Å². The van der Waals surface area contributed by atoms with Crippen LogP contribution in [0, 0.1) is 6.92 Å². The van der Waals surface area contributed by atoms with Crippen molar-refractivity contribution in [2.75, 3.05) is 18.9 Å². The van der Waals surface area contributed by atoms with Gasteiger partial charge in [-0.25, -0.2) is 9.97 Å². The SMILES string of the molecule is CCCc1cc(C(=O)N2CCCC2c2cc(NC)nc(C)n2)no1. The molecule has 0 saturated carbocycles. The first kappa shape index (κ1) is 16.4. The standard InChI is InChI=1S/C17H23N5O2/c1-4-6-12-9-14(21-24-12)17(23)22-8-5-7-15(22)13-10-16(18-3)20-11(2)19-13/h9-10,15H,4-8H2,1-3H3,(H,18,19,20). The Kier molecular flexibility index (Phi) is 4.78. The first-order chi connectivity index (χ1) is 11.6. The normalized spacial score (nSPS) is 17.3. The van der Waals surface area contributed by atoms with Gasteiger partial charge in [0.2, 0.25) is 0 Å². The maximum Gasteiger partial charge on any atom is 0.276 e. The van der Waals surface area contributed by atoms with Gasteiger partial charge in [-0.3, -0.25) is 4.79 Å². The lowest BCUT2D eigenvalue weighted by Gasteiger charge is -2.23. The fourth-order valence-corrected chi connectivity index (χ4v) is 3.13. The van der Waals surface area contributed by atoms with Crippen LogP contribution in [0.5, 0.6) is 0 Å². The molecule has 24 heavy (non-hydrogen) atoms. The van der Waals surface area contributed by atoms with Crippen LogP contribution in [0.4, 0.5) is 5.82 Å². The van der Waals surface area contributed by atoms with E-state index < -0.39 is 0 Å². The Labute approximate surface area is 141 Å². The second-order valence-corrected chi connectivity index (χ2v) is 6.06. The molecule has 1 unspecified atom stereocenters. The van der Waals surface area contributed by atoms with Gasteiger partial charge in [-0.05, 0) is 26.2 Å². The third-order valence-corrected chi connectivity index (χ3v) is 4.24. The minimum absolute atomic E-state index is 0.0439. The Morgan fingerprint density at radius 2 is 2.25 bits per heavy atom. The van der Waals surface area contributed by atoms with E-state index in [0.29, 0.717) is 18.1 Å². The van der Waals surface area contributed by atoms with Crippen LogP contribution < -0.4 is 5.32 Å². The number of nitrogens with zero attached hydrogens (tertiary/aromatic N) is 4. The highest BCUT2D eigenvalue weighted by molar-refractivity contribution is 5.92. The number of rotatable bonds is 5. The van der Waals surface area contributed by atoms with E-state index in [-0.39, 0.29) is 11.9 Å². The first-order valence-corrected chi connectivity index (χ1v) is 8.42. The van der Waals surface area contributed by atoms with E-state index in [2.05, 4.69) is 27.4 Å². The molecule has 3 heterocycles. The summed E-state index contributed by atoms with van der Waals surface area (Å²) in [6, 6.07) is 3.62. The zero-order valence-corrected chi connectivity index (χ0v) is 14.4. The van der Waals surface area contributed by atoms with E-state index in [1.807, 2.05) is 24.9 Å². The summed E-state index contributed by atoms with van der Waals surface area (Å²) in [5, 5.41) is 6.99. The highest BCUT2D eigenvalue weighted by Crippen LogP contribution is 2.32. The predicted molar refractivity (Wildman–Crippen MR) is 89.8 cm³/mol. The number of anilines is 1. The third-order valence-electron chi connectivity index (χ3n) is 4.24. The van der Waals surface area contributed by atoms with Gasteiger partial charge in [0, 0.05) is 32.1 Å². The highest BCUT2D eigenvalue weighted by atomic mass is 16.5. The van der Waals surface area contributed by atoms with Gasteiger partial charge in [0.05, 0.1) is 11.7 Å². The van der Waals surface area contributed by atoms with Crippen molar-refractivity contribution in [3.63, 3.8) is 0 Å². The van der Waals surface area contributed by atoms with Gasteiger partial charge >= 0.3 is 0 Å². The molecule has 7 nitrogen and oxygen atoms in total. The van der Waals surface area contributed by atoms with E-state index >= 15 is 0 Å². The Hall–Kier alpha value is -2.44. The molecule has 1 aliphatic rings. The molecule has 1 amide bonds. The zero-order valence-electron chi connectivity index (χ0n) is 14.4. The van der Waals surface area contributed by atoms with Gasteiger partial charge in [-0.2, -0.15) is 0 Å². The predicted octanol–water partition coefficient (Wildman–Crippen LogP) is 2.74. The Bertz CT molecular complexity index is 728. The number of likely N-dealkylation sites (tertiary alicyclic amines) is 1. The van der Waals surface area contributed by atoms with Crippen molar-refractivity contribution in [3.05, 3.63) is 35.1 Å². The van der Waals surface area contributed by atoms with Crippen LogP contribution in [0.2, 0.25) is 0 Å². The maximum absolute atomic E-state index is 12.8. The Balaban J connectivity index is 1.84. The molecule has 3 rings (SSSR count). The summed E-state index contributed by atoms with van der Waals surface area (Å²) < 4.78 is 5.25. The molecule has 0 bridgehead atoms. The van der Waals surface area contributed by atoms with Crippen molar-refractivity contribution >= 4 is 11.7 Å². The monoisotopic (exact) mass is 329 g/mol. The van der Waals surface area contributed by atoms with Crippen LogP contribution in [-0.2, 0) is 6.42 Å². The van der Waals surface area contributed by atoms with Crippen molar-refractivity contribution in [3.8, 4) is 0 Å². The molecule has 1 saturated heterocycles. The van der Waals surface area contributed by atoms with E-state index in [0.717, 1.165) is 43.0 Å².